The van der Waals surface area contributed by atoms with Crippen LogP contribution in [0.1, 0.15) is 43.2 Å². The Kier molecular flexibility index (Phi) is 12.0. The molecule has 0 saturated carbocycles. The van der Waals surface area contributed by atoms with Crippen LogP contribution in [0.15, 0.2) is 78.6 Å². The molecule has 2 aromatic carbocycles. The predicted octanol–water partition coefficient (Wildman–Crippen LogP) is 9.35. The van der Waals surface area contributed by atoms with Crippen molar-refractivity contribution in [1.82, 2.24) is 9.97 Å². The Balaban J connectivity index is 1.52. The van der Waals surface area contributed by atoms with Crippen LogP contribution >= 0.6 is 63.7 Å². The van der Waals surface area contributed by atoms with Gasteiger partial charge >= 0.3 is 18.0 Å². The van der Waals surface area contributed by atoms with E-state index in [1.54, 1.807) is 0 Å². The van der Waals surface area contributed by atoms with E-state index in [1.807, 2.05) is 0 Å². The van der Waals surface area contributed by atoms with Gasteiger partial charge in [0, 0.05) is 52.3 Å². The Hall–Kier alpha value is -3.41. The van der Waals surface area contributed by atoms with Crippen molar-refractivity contribution < 1.29 is 50.9 Å². The summed E-state index contributed by atoms with van der Waals surface area (Å²) in [6.45, 7) is -1.39. The second-order valence-corrected chi connectivity index (χ2v) is 13.1. The highest BCUT2D eigenvalue weighted by atomic mass is 79.9. The van der Waals surface area contributed by atoms with Crippen LogP contribution in [0.2, 0.25) is 0 Å². The number of ether oxygens (including phenoxy) is 4. The van der Waals surface area contributed by atoms with E-state index in [-0.39, 0.29) is 31.8 Å². The van der Waals surface area contributed by atoms with Crippen LogP contribution in [0, 0.1) is 0 Å². The molecule has 9 nitrogen and oxygen atoms in total. The van der Waals surface area contributed by atoms with Gasteiger partial charge in [-0.1, -0.05) is 31.9 Å². The Labute approximate surface area is 303 Å². The molecule has 0 fully saturated rings. The molecule has 252 valence electrons. The summed E-state index contributed by atoms with van der Waals surface area (Å²) in [4.78, 5) is 46.3. The Morgan fingerprint density at radius 3 is 1.35 bits per heavy atom. The first kappa shape index (κ1) is 37.4. The lowest BCUT2D eigenvalue weighted by molar-refractivity contribution is 0.00318. The summed E-state index contributed by atoms with van der Waals surface area (Å²) in [5.41, 5.74) is -2.96. The van der Waals surface area contributed by atoms with Crippen LogP contribution in [0.25, 0.3) is 0 Å². The summed E-state index contributed by atoms with van der Waals surface area (Å²) in [6, 6.07) is 12.7. The smallest absolute Gasteiger partial charge is 0.481 e. The fourth-order valence-electron chi connectivity index (χ4n) is 4.19. The van der Waals surface area contributed by atoms with Crippen LogP contribution in [0.4, 0.5) is 22.4 Å². The number of ketones is 2. The Bertz CT molecular complexity index is 1760. The summed E-state index contributed by atoms with van der Waals surface area (Å²) in [7, 11) is 2.46. The van der Waals surface area contributed by atoms with Crippen molar-refractivity contribution in [3.05, 3.63) is 112 Å². The number of benzene rings is 2. The molecule has 2 aromatic heterocycles. The third-order valence-corrected chi connectivity index (χ3v) is 8.81. The van der Waals surface area contributed by atoms with E-state index in [0.29, 0.717) is 8.95 Å². The van der Waals surface area contributed by atoms with Crippen molar-refractivity contribution >= 4 is 81.4 Å². The second-order valence-electron chi connectivity index (χ2n) is 9.61. The normalized spacial score (nSPS) is 11.5. The Morgan fingerprint density at radius 1 is 0.625 bits per heavy atom. The summed E-state index contributed by atoms with van der Waals surface area (Å²) in [6.07, 6.45) is -1.35. The van der Waals surface area contributed by atoms with Crippen LogP contribution < -0.4 is 9.47 Å². The first-order valence-electron chi connectivity index (χ1n) is 13.2. The summed E-state index contributed by atoms with van der Waals surface area (Å²) in [5, 5.41) is 0. The molecule has 0 spiro atoms. The number of Topliss-reactive ketones (excluding diaryl/α,β-unsaturated/α-hetero) is 2. The van der Waals surface area contributed by atoms with Gasteiger partial charge < -0.3 is 18.9 Å². The van der Waals surface area contributed by atoms with E-state index in [1.165, 1.54) is 62.8 Å². The number of carbonyl (C=O) groups excluding carboxylic acids is 3. The zero-order valence-electron chi connectivity index (χ0n) is 24.5. The van der Waals surface area contributed by atoms with Gasteiger partial charge in [0.05, 0.1) is 14.2 Å². The molecule has 0 atom stereocenters. The molecule has 0 amide bonds. The molecule has 4 rings (SSSR count). The van der Waals surface area contributed by atoms with Crippen molar-refractivity contribution in [2.24, 2.45) is 0 Å². The maximum atomic E-state index is 15.4. The molecule has 17 heteroatoms. The highest BCUT2D eigenvalue weighted by Gasteiger charge is 2.47. The molecular formula is C31H20Br4F4N2O7. The molecule has 0 N–H and O–H groups in total. The molecule has 0 aliphatic rings. The number of hydrogen-bond acceptors (Lipinski definition) is 9. The Morgan fingerprint density at radius 2 is 1.00 bits per heavy atom. The van der Waals surface area contributed by atoms with E-state index >= 15 is 17.6 Å². The minimum atomic E-state index is -4.13. The molecular weight excluding hydrogens is 908 g/mol. The zero-order valence-corrected chi connectivity index (χ0v) is 30.8. The molecule has 0 aliphatic heterocycles. The van der Waals surface area contributed by atoms with Crippen molar-refractivity contribution in [3.8, 4) is 11.8 Å². The number of halogens is 8. The highest BCUT2D eigenvalue weighted by molar-refractivity contribution is 9.11. The van der Waals surface area contributed by atoms with Gasteiger partial charge in [-0.2, -0.15) is 17.6 Å². The maximum Gasteiger partial charge on any atom is 0.508 e. The van der Waals surface area contributed by atoms with Gasteiger partial charge in [-0.25, -0.2) is 14.8 Å². The quantitative estimate of drug-likeness (QED) is 0.0780. The van der Waals surface area contributed by atoms with Gasteiger partial charge in [-0.3, -0.25) is 9.59 Å². The molecule has 0 aliphatic carbocycles. The molecule has 0 bridgehead atoms. The molecule has 4 aromatic rings. The van der Waals surface area contributed by atoms with Crippen molar-refractivity contribution in [2.45, 2.75) is 25.1 Å². The minimum absolute atomic E-state index is 0.112. The maximum absolute atomic E-state index is 15.4. The number of hydrogen-bond donors (Lipinski definition) is 0. The minimum Gasteiger partial charge on any atom is -0.481 e. The lowest BCUT2D eigenvalue weighted by Crippen LogP contribution is -2.29. The van der Waals surface area contributed by atoms with Gasteiger partial charge in [-0.15, -0.1) is 0 Å². The first-order valence-corrected chi connectivity index (χ1v) is 16.4. The van der Waals surface area contributed by atoms with E-state index < -0.39 is 65.3 Å². The zero-order chi connectivity index (χ0) is 35.4. The summed E-state index contributed by atoms with van der Waals surface area (Å²) in [5.74, 6) is -11.8. The molecule has 0 unspecified atom stereocenters. The lowest BCUT2D eigenvalue weighted by atomic mass is 9.98. The van der Waals surface area contributed by atoms with Crippen molar-refractivity contribution in [2.75, 3.05) is 14.2 Å². The van der Waals surface area contributed by atoms with Crippen LogP contribution in [0.5, 0.6) is 11.8 Å². The molecule has 0 radical (unpaired) electrons. The van der Waals surface area contributed by atoms with Crippen LogP contribution in [0.3, 0.4) is 0 Å². The van der Waals surface area contributed by atoms with Gasteiger partial charge in [0.2, 0.25) is 23.3 Å². The predicted molar refractivity (Wildman–Crippen MR) is 177 cm³/mol. The fourth-order valence-corrected chi connectivity index (χ4v) is 5.95. The summed E-state index contributed by atoms with van der Waals surface area (Å²) >= 11 is 12.4. The average molecular weight is 928 g/mol. The number of rotatable bonds is 12. The van der Waals surface area contributed by atoms with E-state index in [4.69, 9.17) is 18.9 Å². The number of aromatic nitrogens is 2. The van der Waals surface area contributed by atoms with E-state index in [0.717, 1.165) is 12.1 Å². The van der Waals surface area contributed by atoms with Crippen molar-refractivity contribution in [1.29, 1.82) is 0 Å². The number of carbonyl (C=O) groups is 3. The largest absolute Gasteiger partial charge is 0.508 e. The SMILES string of the molecule is COc1ccc(Br)c(C(F)(F)C(=O)c2ccc(Br)cc2COC(=O)OCc2cc(Br)ccc2C(=O)C(F)(F)c2nc(OC)ccc2Br)n1. The van der Waals surface area contributed by atoms with Gasteiger partial charge in [0.15, 0.2) is 0 Å². The van der Waals surface area contributed by atoms with Crippen LogP contribution in [-0.2, 0) is 34.5 Å². The summed E-state index contributed by atoms with van der Waals surface area (Å²) < 4.78 is 82.2. The highest BCUT2D eigenvalue weighted by Crippen LogP contribution is 2.39. The second kappa shape index (κ2) is 15.4. The third-order valence-electron chi connectivity index (χ3n) is 6.54. The fraction of sp³-hybridized carbons (Fsp3) is 0.194. The van der Waals surface area contributed by atoms with Gasteiger partial charge in [0.1, 0.15) is 24.6 Å². The van der Waals surface area contributed by atoms with Crippen molar-refractivity contribution in [3.63, 3.8) is 0 Å². The monoisotopic (exact) mass is 924 g/mol. The van der Waals surface area contributed by atoms with Crippen LogP contribution in [-0.4, -0.2) is 41.9 Å². The topological polar surface area (TPSA) is 114 Å². The molecule has 48 heavy (non-hydrogen) atoms. The average Bonchev–Trinajstić information content (AvgIpc) is 3.06. The third kappa shape index (κ3) is 8.23. The molecule has 0 saturated heterocycles. The number of alkyl halides is 4. The number of methoxy groups -OCH3 is 2. The van der Waals surface area contributed by atoms with Gasteiger partial charge in [-0.05, 0) is 80.4 Å². The lowest BCUT2D eigenvalue weighted by Gasteiger charge is -2.19. The van der Waals surface area contributed by atoms with E-state index in [9.17, 15) is 14.4 Å². The van der Waals surface area contributed by atoms with Gasteiger partial charge in [0.25, 0.3) is 0 Å². The molecule has 2 heterocycles. The standard InChI is InChI=1S/C31H20Br4F4N2O7/c1-45-23-9-7-21(34)25(40-23)30(36,37)27(42)19-5-3-17(32)11-15(19)13-47-29(44)48-14-16-12-18(33)4-6-20(16)28(43)31(38,39)26-22(35)8-10-24(41-26)46-2/h3-12H,13-14H2,1-2H3. The van der Waals surface area contributed by atoms with E-state index in [2.05, 4.69) is 73.7 Å². The number of pyridine rings is 2. The number of nitrogens with zero attached hydrogens (tertiary/aromatic N) is 2. The first-order chi connectivity index (χ1) is 22.6.